The van der Waals surface area contributed by atoms with Gasteiger partial charge in [-0.1, -0.05) is 41.5 Å². The number of hydrogen-bond donors (Lipinski definition) is 1. The molecule has 9 nitrogen and oxygen atoms in total. The van der Waals surface area contributed by atoms with Gasteiger partial charge in [-0.25, -0.2) is 0 Å². The summed E-state index contributed by atoms with van der Waals surface area (Å²) in [5.74, 6) is -0.293. The Labute approximate surface area is 156 Å². The third-order valence-corrected chi connectivity index (χ3v) is 4.37. The van der Waals surface area contributed by atoms with Crippen LogP contribution in [-0.4, -0.2) is 49.7 Å². The molecular formula is C18H22N4O5. The molecule has 0 spiro atoms. The Morgan fingerprint density at radius 2 is 2.22 bits per heavy atom. The van der Waals surface area contributed by atoms with Crippen molar-refractivity contribution in [3.05, 3.63) is 59.0 Å². The van der Waals surface area contributed by atoms with Gasteiger partial charge in [0.1, 0.15) is 18.3 Å². The predicted octanol–water partition coefficient (Wildman–Crippen LogP) is 2.21. The monoisotopic (exact) mass is 374 g/mol. The van der Waals surface area contributed by atoms with Crippen molar-refractivity contribution in [2.75, 3.05) is 13.2 Å². The van der Waals surface area contributed by atoms with Gasteiger partial charge < -0.3 is 24.3 Å². The average Bonchev–Trinajstić information content (AvgIpc) is 2.68. The first-order valence-corrected chi connectivity index (χ1v) is 8.65. The van der Waals surface area contributed by atoms with Gasteiger partial charge in [0.2, 0.25) is 5.91 Å². The number of amides is 1. The number of carbonyl (C=O) groups is 1. The van der Waals surface area contributed by atoms with Gasteiger partial charge in [-0.2, -0.15) is 0 Å². The first kappa shape index (κ1) is 19.3. The maximum Gasteiger partial charge on any atom is 0.217 e. The Balaban J connectivity index is 1.87. The van der Waals surface area contributed by atoms with Gasteiger partial charge in [0.15, 0.2) is 12.5 Å². The summed E-state index contributed by atoms with van der Waals surface area (Å²) in [5, 5.41) is 6.43. The van der Waals surface area contributed by atoms with Gasteiger partial charge in [-0.15, -0.1) is 6.58 Å². The molecule has 2 aliphatic rings. The summed E-state index contributed by atoms with van der Waals surface area (Å²) < 4.78 is 23.7. The van der Waals surface area contributed by atoms with Gasteiger partial charge >= 0.3 is 0 Å². The minimum atomic E-state index is -0.935. The molecule has 144 valence electrons. The van der Waals surface area contributed by atoms with E-state index in [1.165, 1.54) is 6.92 Å². The molecule has 0 aromatic heterocycles. The van der Waals surface area contributed by atoms with E-state index in [4.69, 9.17) is 24.5 Å². The molecule has 1 unspecified atom stereocenters. The Bertz CT molecular complexity index is 709. The largest absolute Gasteiger partial charge is 0.369 e. The second kappa shape index (κ2) is 8.98. The molecule has 0 bridgehead atoms. The van der Waals surface area contributed by atoms with Crippen molar-refractivity contribution in [1.82, 2.24) is 5.32 Å². The lowest BCUT2D eigenvalue weighted by atomic mass is 9.94. The summed E-state index contributed by atoms with van der Waals surface area (Å²) in [6, 6.07) is 8.81. The lowest BCUT2D eigenvalue weighted by molar-refractivity contribution is -0.318. The third-order valence-electron chi connectivity index (χ3n) is 4.37. The molecule has 2 fully saturated rings. The Morgan fingerprint density at radius 1 is 1.44 bits per heavy atom. The molecule has 1 aromatic rings. The number of fused-ring (bicyclic) bond motifs is 1. The highest BCUT2D eigenvalue weighted by Gasteiger charge is 2.50. The highest BCUT2D eigenvalue weighted by molar-refractivity contribution is 5.73. The molecule has 0 aliphatic carbocycles. The molecule has 0 saturated carbocycles. The zero-order chi connectivity index (χ0) is 19.2. The van der Waals surface area contributed by atoms with Gasteiger partial charge in [-0.05, 0) is 5.53 Å². The number of benzene rings is 1. The average molecular weight is 374 g/mol. The van der Waals surface area contributed by atoms with Crippen molar-refractivity contribution in [3.8, 4) is 0 Å². The van der Waals surface area contributed by atoms with Crippen LogP contribution >= 0.6 is 0 Å². The Morgan fingerprint density at radius 3 is 2.89 bits per heavy atom. The molecule has 1 aromatic carbocycles. The number of nitrogens with zero attached hydrogens (tertiary/aromatic N) is 3. The number of azide groups is 1. The lowest BCUT2D eigenvalue weighted by Crippen LogP contribution is -2.66. The standard InChI is InChI=1S/C18H22N4O5/c1-3-9-24-16-14(20-11(2)23)17(21-22-19)26-13-10-25-18(27-15(13)16)12-7-5-4-6-8-12/h3-8,13-18H,1,9-10H2,2H3,(H,20,23)/t13-,14-,15-,16-,17-,18?/m1/s1. The van der Waals surface area contributed by atoms with Crippen LogP contribution in [-0.2, 0) is 23.7 Å². The number of ether oxygens (including phenoxy) is 4. The van der Waals surface area contributed by atoms with Crippen LogP contribution in [0.2, 0.25) is 0 Å². The zero-order valence-electron chi connectivity index (χ0n) is 14.9. The van der Waals surface area contributed by atoms with Crippen LogP contribution in [0.3, 0.4) is 0 Å². The van der Waals surface area contributed by atoms with Gasteiger partial charge in [-0.3, -0.25) is 4.79 Å². The van der Waals surface area contributed by atoms with Crippen molar-refractivity contribution in [3.63, 3.8) is 0 Å². The summed E-state index contributed by atoms with van der Waals surface area (Å²) in [7, 11) is 0. The predicted molar refractivity (Wildman–Crippen MR) is 95.4 cm³/mol. The first-order chi connectivity index (χ1) is 13.1. The van der Waals surface area contributed by atoms with E-state index in [0.29, 0.717) is 0 Å². The van der Waals surface area contributed by atoms with E-state index < -0.39 is 36.9 Å². The van der Waals surface area contributed by atoms with Gasteiger partial charge in [0.25, 0.3) is 0 Å². The van der Waals surface area contributed by atoms with Crippen LogP contribution in [0.25, 0.3) is 10.4 Å². The van der Waals surface area contributed by atoms with Crippen LogP contribution in [0, 0.1) is 0 Å². The van der Waals surface area contributed by atoms with Crippen molar-refractivity contribution in [1.29, 1.82) is 0 Å². The smallest absolute Gasteiger partial charge is 0.217 e. The summed E-state index contributed by atoms with van der Waals surface area (Å²) >= 11 is 0. The summed E-state index contributed by atoms with van der Waals surface area (Å²) in [5.41, 5.74) is 9.73. The van der Waals surface area contributed by atoms with E-state index >= 15 is 0 Å². The van der Waals surface area contributed by atoms with E-state index in [-0.39, 0.29) is 19.1 Å². The quantitative estimate of drug-likeness (QED) is 0.355. The van der Waals surface area contributed by atoms with Crippen molar-refractivity contribution < 1.29 is 23.7 Å². The van der Waals surface area contributed by atoms with Gasteiger partial charge in [0.05, 0.1) is 19.3 Å². The minimum Gasteiger partial charge on any atom is -0.369 e. The third kappa shape index (κ3) is 4.47. The number of hydrogen-bond acceptors (Lipinski definition) is 6. The molecule has 1 amide bonds. The highest BCUT2D eigenvalue weighted by atomic mass is 16.7. The van der Waals surface area contributed by atoms with Crippen molar-refractivity contribution in [2.24, 2.45) is 5.11 Å². The molecule has 9 heteroatoms. The van der Waals surface area contributed by atoms with E-state index in [1.807, 2.05) is 30.3 Å². The molecule has 0 radical (unpaired) electrons. The van der Waals surface area contributed by atoms with Crippen LogP contribution in [0.4, 0.5) is 0 Å². The topological polar surface area (TPSA) is 115 Å². The van der Waals surface area contributed by atoms with Crippen molar-refractivity contribution >= 4 is 5.91 Å². The van der Waals surface area contributed by atoms with E-state index in [2.05, 4.69) is 21.9 Å². The number of carbonyl (C=O) groups excluding carboxylic acids is 1. The molecule has 3 rings (SSSR count). The summed E-state index contributed by atoms with van der Waals surface area (Å²) in [6.07, 6.45) is -1.54. The number of rotatable bonds is 6. The van der Waals surface area contributed by atoms with Crippen LogP contribution in [0.5, 0.6) is 0 Å². The highest BCUT2D eigenvalue weighted by Crippen LogP contribution is 2.35. The first-order valence-electron chi connectivity index (χ1n) is 8.65. The van der Waals surface area contributed by atoms with Crippen LogP contribution < -0.4 is 5.32 Å². The minimum absolute atomic E-state index is 0.239. The molecule has 27 heavy (non-hydrogen) atoms. The molecule has 2 heterocycles. The zero-order valence-corrected chi connectivity index (χ0v) is 14.9. The fourth-order valence-electron chi connectivity index (χ4n) is 3.28. The molecule has 1 N–H and O–H groups in total. The fourth-order valence-corrected chi connectivity index (χ4v) is 3.28. The van der Waals surface area contributed by atoms with Crippen LogP contribution in [0.1, 0.15) is 18.8 Å². The maximum absolute atomic E-state index is 11.7. The second-order valence-corrected chi connectivity index (χ2v) is 6.26. The molecule has 2 saturated heterocycles. The fraction of sp³-hybridized carbons (Fsp3) is 0.500. The summed E-state index contributed by atoms with van der Waals surface area (Å²) in [4.78, 5) is 14.5. The second-order valence-electron chi connectivity index (χ2n) is 6.26. The molecule has 6 atom stereocenters. The number of nitrogens with one attached hydrogen (secondary N) is 1. The Kier molecular flexibility index (Phi) is 6.44. The maximum atomic E-state index is 11.7. The van der Waals surface area contributed by atoms with Crippen LogP contribution in [0.15, 0.2) is 48.1 Å². The molecule has 2 aliphatic heterocycles. The van der Waals surface area contributed by atoms with E-state index in [0.717, 1.165) is 5.56 Å². The SMILES string of the molecule is C=CCO[C@@H]1[C@@H](NC(C)=O)[C@H](N=[N+]=[N-])O[C@@H]2COC(c3ccccc3)O[C@@H]12. The molecular weight excluding hydrogens is 352 g/mol. The van der Waals surface area contributed by atoms with E-state index in [9.17, 15) is 4.79 Å². The van der Waals surface area contributed by atoms with E-state index in [1.54, 1.807) is 6.08 Å². The van der Waals surface area contributed by atoms with Gasteiger partial charge in [0, 0.05) is 17.4 Å². The lowest BCUT2D eigenvalue weighted by Gasteiger charge is -2.48. The summed E-state index contributed by atoms with van der Waals surface area (Å²) in [6.45, 7) is 5.52. The van der Waals surface area contributed by atoms with Crippen molar-refractivity contribution in [2.45, 2.75) is 43.8 Å². The normalized spacial score (nSPS) is 32.6. The Hall–Kier alpha value is -2.42.